The van der Waals surface area contributed by atoms with Gasteiger partial charge >= 0.3 is 0 Å². The van der Waals surface area contributed by atoms with Crippen LogP contribution in [0, 0.1) is 6.92 Å². The fourth-order valence-corrected chi connectivity index (χ4v) is 4.31. The number of fused-ring (bicyclic) bond motifs is 1. The van der Waals surface area contributed by atoms with Crippen LogP contribution in [-0.4, -0.2) is 36.6 Å². The van der Waals surface area contributed by atoms with E-state index >= 15 is 0 Å². The minimum atomic E-state index is -0.133. The molecule has 0 unspecified atom stereocenters. The van der Waals surface area contributed by atoms with E-state index in [-0.39, 0.29) is 5.91 Å². The van der Waals surface area contributed by atoms with Gasteiger partial charge in [-0.3, -0.25) is 4.79 Å². The maximum atomic E-state index is 12.1. The molecule has 4 aromatic rings. The number of aromatic nitrogens is 5. The minimum Gasteiger partial charge on any atom is -0.351 e. The smallest absolute Gasteiger partial charge is 0.264 e. The lowest BCUT2D eigenvalue weighted by molar-refractivity contribution is 0.0957. The number of nitrogens with one attached hydrogen (secondary N) is 1. The van der Waals surface area contributed by atoms with E-state index in [1.807, 2.05) is 27.4 Å². The quantitative estimate of drug-likeness (QED) is 0.579. The van der Waals surface area contributed by atoms with Crippen LogP contribution < -0.4 is 5.32 Å². The first kappa shape index (κ1) is 15.4. The molecule has 122 valence electrons. The molecule has 0 aliphatic heterocycles. The molecule has 0 aromatic carbocycles. The Hall–Kier alpha value is -2.17. The van der Waals surface area contributed by atoms with Crippen molar-refractivity contribution in [3.63, 3.8) is 0 Å². The molecule has 1 amide bonds. The third kappa shape index (κ3) is 2.83. The zero-order chi connectivity index (χ0) is 16.5. The summed E-state index contributed by atoms with van der Waals surface area (Å²) in [5.41, 5.74) is 1.69. The summed E-state index contributed by atoms with van der Waals surface area (Å²) in [6.07, 6.45) is 0.685. The van der Waals surface area contributed by atoms with Crippen LogP contribution >= 0.6 is 34.2 Å². The molecule has 7 nitrogen and oxygen atoms in total. The average molecular weight is 376 g/mol. The van der Waals surface area contributed by atoms with E-state index in [0.717, 1.165) is 32.9 Å². The molecule has 0 saturated carbocycles. The lowest BCUT2D eigenvalue weighted by atomic mass is 10.3. The van der Waals surface area contributed by atoms with E-state index in [2.05, 4.69) is 25.0 Å². The van der Waals surface area contributed by atoms with E-state index < -0.39 is 0 Å². The zero-order valence-corrected chi connectivity index (χ0v) is 15.0. The average Bonchev–Trinajstić information content (AvgIpc) is 3.31. The van der Waals surface area contributed by atoms with Crippen molar-refractivity contribution in [2.24, 2.45) is 0 Å². The van der Waals surface area contributed by atoms with Crippen LogP contribution in [0.4, 0.5) is 0 Å². The maximum Gasteiger partial charge on any atom is 0.264 e. The number of aryl methyl sites for hydroxylation is 1. The third-order valence-corrected chi connectivity index (χ3v) is 5.97. The summed E-state index contributed by atoms with van der Waals surface area (Å²) < 4.78 is 5.63. The molecule has 0 aliphatic carbocycles. The number of hydrogen-bond acceptors (Lipinski definition) is 8. The van der Waals surface area contributed by atoms with Crippen LogP contribution in [0.25, 0.3) is 15.7 Å². The van der Waals surface area contributed by atoms with Gasteiger partial charge in [-0.25, -0.2) is 4.52 Å². The van der Waals surface area contributed by atoms with E-state index in [0.29, 0.717) is 23.5 Å². The Bertz CT molecular complexity index is 984. The number of thiazole rings is 1. The van der Waals surface area contributed by atoms with Crippen molar-refractivity contribution >= 4 is 45.1 Å². The standard InChI is InChI=1S/C14H12N6OS3/c1-8-11(24-19-17-8)13(21)15-5-4-9-7-23-14-16-12(18-20(9)14)10-3-2-6-22-10/h2-3,6-7H,4-5H2,1H3,(H,15,21). The zero-order valence-electron chi connectivity index (χ0n) is 12.6. The Kier molecular flexibility index (Phi) is 4.08. The Labute approximate surface area is 149 Å². The van der Waals surface area contributed by atoms with Gasteiger partial charge in [0.25, 0.3) is 5.91 Å². The number of carbonyl (C=O) groups excluding carboxylic acids is 1. The highest BCUT2D eigenvalue weighted by Gasteiger charge is 2.14. The fraction of sp³-hybridized carbons (Fsp3) is 0.214. The van der Waals surface area contributed by atoms with Gasteiger partial charge in [0, 0.05) is 18.3 Å². The summed E-state index contributed by atoms with van der Waals surface area (Å²) in [5, 5.41) is 15.4. The first-order chi connectivity index (χ1) is 11.7. The summed E-state index contributed by atoms with van der Waals surface area (Å²) >= 11 is 4.29. The van der Waals surface area contributed by atoms with E-state index in [1.54, 1.807) is 29.6 Å². The third-order valence-electron chi connectivity index (χ3n) is 3.42. The predicted octanol–water partition coefficient (Wildman–Crippen LogP) is 2.65. The van der Waals surface area contributed by atoms with Gasteiger partial charge in [0.15, 0.2) is 5.82 Å². The van der Waals surface area contributed by atoms with Crippen LogP contribution in [-0.2, 0) is 6.42 Å². The second-order valence-electron chi connectivity index (χ2n) is 5.03. The van der Waals surface area contributed by atoms with E-state index in [1.165, 1.54) is 0 Å². The van der Waals surface area contributed by atoms with Crippen molar-refractivity contribution in [3.05, 3.63) is 39.2 Å². The summed E-state index contributed by atoms with van der Waals surface area (Å²) in [7, 11) is 0. The number of thiophene rings is 1. The topological polar surface area (TPSA) is 85.1 Å². The largest absolute Gasteiger partial charge is 0.351 e. The van der Waals surface area contributed by atoms with Crippen LogP contribution in [0.3, 0.4) is 0 Å². The van der Waals surface area contributed by atoms with Gasteiger partial charge in [0.2, 0.25) is 4.96 Å². The van der Waals surface area contributed by atoms with Gasteiger partial charge in [0.1, 0.15) is 4.88 Å². The minimum absolute atomic E-state index is 0.133. The molecule has 0 bridgehead atoms. The molecule has 0 spiro atoms. The molecule has 4 heterocycles. The fourth-order valence-electron chi connectivity index (χ4n) is 2.23. The summed E-state index contributed by atoms with van der Waals surface area (Å²) in [6.45, 7) is 2.30. The number of nitrogens with zero attached hydrogens (tertiary/aromatic N) is 5. The highest BCUT2D eigenvalue weighted by atomic mass is 32.1. The van der Waals surface area contributed by atoms with Crippen molar-refractivity contribution in [1.29, 1.82) is 0 Å². The molecule has 0 fully saturated rings. The van der Waals surface area contributed by atoms with E-state index in [9.17, 15) is 4.79 Å². The number of amides is 1. The summed E-state index contributed by atoms with van der Waals surface area (Å²) in [4.78, 5) is 19.1. The van der Waals surface area contributed by atoms with Crippen LogP contribution in [0.2, 0.25) is 0 Å². The molecule has 0 atom stereocenters. The normalized spacial score (nSPS) is 11.2. The van der Waals surface area contributed by atoms with E-state index in [4.69, 9.17) is 0 Å². The molecule has 0 radical (unpaired) electrons. The van der Waals surface area contributed by atoms with Gasteiger partial charge in [-0.1, -0.05) is 10.6 Å². The van der Waals surface area contributed by atoms with Crippen LogP contribution in [0.1, 0.15) is 21.1 Å². The molecule has 1 N–H and O–H groups in total. The maximum absolute atomic E-state index is 12.1. The summed E-state index contributed by atoms with van der Waals surface area (Å²) in [6, 6.07) is 4.00. The Morgan fingerprint density at radius 1 is 1.38 bits per heavy atom. The molecular weight excluding hydrogens is 364 g/mol. The molecule has 4 rings (SSSR count). The Balaban J connectivity index is 1.45. The van der Waals surface area contributed by atoms with Crippen molar-refractivity contribution < 1.29 is 4.79 Å². The monoisotopic (exact) mass is 376 g/mol. The number of carbonyl (C=O) groups is 1. The lowest BCUT2D eigenvalue weighted by Crippen LogP contribution is -2.25. The van der Waals surface area contributed by atoms with Gasteiger partial charge in [-0.15, -0.1) is 32.9 Å². The highest BCUT2D eigenvalue weighted by Crippen LogP contribution is 2.24. The predicted molar refractivity (Wildman–Crippen MR) is 94.9 cm³/mol. The second kappa shape index (κ2) is 6.38. The second-order valence-corrected chi connectivity index (χ2v) is 7.57. The molecule has 0 aliphatic rings. The molecule has 0 saturated heterocycles. The van der Waals surface area contributed by atoms with Crippen LogP contribution in [0.15, 0.2) is 22.9 Å². The Morgan fingerprint density at radius 3 is 3.04 bits per heavy atom. The van der Waals surface area contributed by atoms with Gasteiger partial charge < -0.3 is 5.32 Å². The van der Waals surface area contributed by atoms with Gasteiger partial charge in [0.05, 0.1) is 16.3 Å². The highest BCUT2D eigenvalue weighted by molar-refractivity contribution is 7.15. The Morgan fingerprint density at radius 2 is 2.29 bits per heavy atom. The first-order valence-electron chi connectivity index (χ1n) is 7.16. The number of rotatable bonds is 5. The first-order valence-corrected chi connectivity index (χ1v) is 9.70. The lowest BCUT2D eigenvalue weighted by Gasteiger charge is -2.02. The van der Waals surface area contributed by atoms with Crippen molar-refractivity contribution in [1.82, 2.24) is 29.5 Å². The molecule has 4 aromatic heterocycles. The molecule has 10 heteroatoms. The van der Waals surface area contributed by atoms with Crippen molar-refractivity contribution in [2.75, 3.05) is 6.54 Å². The van der Waals surface area contributed by atoms with Crippen molar-refractivity contribution in [2.45, 2.75) is 13.3 Å². The molecule has 24 heavy (non-hydrogen) atoms. The van der Waals surface area contributed by atoms with Gasteiger partial charge in [-0.2, -0.15) is 4.98 Å². The molecular formula is C14H12N6OS3. The summed E-state index contributed by atoms with van der Waals surface area (Å²) in [5.74, 6) is 0.611. The number of hydrogen-bond donors (Lipinski definition) is 1. The van der Waals surface area contributed by atoms with Crippen molar-refractivity contribution in [3.8, 4) is 10.7 Å². The SMILES string of the molecule is Cc1nnsc1C(=O)NCCc1csc2nc(-c3cccs3)nn12. The van der Waals surface area contributed by atoms with Crippen LogP contribution in [0.5, 0.6) is 0 Å². The van der Waals surface area contributed by atoms with Gasteiger partial charge in [-0.05, 0) is 29.9 Å².